The van der Waals surface area contributed by atoms with Gasteiger partial charge in [-0.3, -0.25) is 14.3 Å². The van der Waals surface area contributed by atoms with E-state index in [2.05, 4.69) is 5.10 Å². The average Bonchev–Trinajstić information content (AvgIpc) is 3.02. The number of carboxylic acids is 1. The lowest BCUT2D eigenvalue weighted by Gasteiger charge is -2.20. The fraction of sp³-hybridized carbons (Fsp3) is 0.667. The van der Waals surface area contributed by atoms with E-state index in [4.69, 9.17) is 0 Å². The van der Waals surface area contributed by atoms with Crippen molar-refractivity contribution < 1.29 is 14.7 Å². The SMILES string of the molecule is CCn1cc(C(=O)N2CCC(C)(C(=O)O)C2)c(C(C)C)n1. The molecule has 0 bridgehead atoms. The number of carboxylic acid groups (broad SMARTS) is 1. The van der Waals surface area contributed by atoms with E-state index in [1.54, 1.807) is 22.7 Å². The van der Waals surface area contributed by atoms with Crippen molar-refractivity contribution in [1.82, 2.24) is 14.7 Å². The maximum atomic E-state index is 12.7. The van der Waals surface area contributed by atoms with Gasteiger partial charge in [-0.2, -0.15) is 5.10 Å². The Bertz CT molecular complexity index is 565. The second-order valence-electron chi connectivity index (χ2n) is 6.28. The van der Waals surface area contributed by atoms with Gasteiger partial charge in [0.15, 0.2) is 0 Å². The first kappa shape index (κ1) is 15.5. The van der Waals surface area contributed by atoms with Gasteiger partial charge >= 0.3 is 5.97 Å². The van der Waals surface area contributed by atoms with Gasteiger partial charge in [-0.15, -0.1) is 0 Å². The number of carbonyl (C=O) groups is 2. The number of amides is 1. The van der Waals surface area contributed by atoms with Gasteiger partial charge in [0.2, 0.25) is 0 Å². The molecule has 1 atom stereocenters. The molecule has 1 unspecified atom stereocenters. The molecule has 6 heteroatoms. The number of hydrogen-bond acceptors (Lipinski definition) is 3. The largest absolute Gasteiger partial charge is 0.481 e. The Kier molecular flexibility index (Phi) is 4.07. The molecule has 0 saturated carbocycles. The summed E-state index contributed by atoms with van der Waals surface area (Å²) >= 11 is 0. The standard InChI is InChI=1S/C15H23N3O3/c1-5-18-8-11(12(16-18)10(2)3)13(19)17-7-6-15(4,9-17)14(20)21/h8,10H,5-7,9H2,1-4H3,(H,20,21). The highest BCUT2D eigenvalue weighted by Crippen LogP contribution is 2.32. The third-order valence-corrected chi connectivity index (χ3v) is 4.17. The molecule has 1 fully saturated rings. The highest BCUT2D eigenvalue weighted by Gasteiger charge is 2.42. The van der Waals surface area contributed by atoms with E-state index < -0.39 is 11.4 Å². The maximum Gasteiger partial charge on any atom is 0.311 e. The molecule has 1 aliphatic heterocycles. The van der Waals surface area contributed by atoms with Crippen LogP contribution in [0.25, 0.3) is 0 Å². The van der Waals surface area contributed by atoms with Crippen LogP contribution in [0.5, 0.6) is 0 Å². The van der Waals surface area contributed by atoms with Crippen LogP contribution < -0.4 is 0 Å². The van der Waals surface area contributed by atoms with Gasteiger partial charge in [-0.1, -0.05) is 13.8 Å². The third-order valence-electron chi connectivity index (χ3n) is 4.17. The molecule has 2 heterocycles. The molecule has 1 aromatic heterocycles. The Morgan fingerprint density at radius 1 is 1.48 bits per heavy atom. The van der Waals surface area contributed by atoms with Crippen molar-refractivity contribution in [2.45, 2.75) is 46.6 Å². The van der Waals surface area contributed by atoms with Gasteiger partial charge in [0.25, 0.3) is 5.91 Å². The molecule has 1 aromatic rings. The Balaban J connectivity index is 2.25. The average molecular weight is 293 g/mol. The molecule has 1 saturated heterocycles. The van der Waals surface area contributed by atoms with Gasteiger partial charge < -0.3 is 10.0 Å². The summed E-state index contributed by atoms with van der Waals surface area (Å²) < 4.78 is 1.76. The number of aliphatic carboxylic acids is 1. The number of aryl methyl sites for hydroxylation is 1. The first-order chi connectivity index (χ1) is 9.78. The second-order valence-corrected chi connectivity index (χ2v) is 6.28. The van der Waals surface area contributed by atoms with Crippen molar-refractivity contribution >= 4 is 11.9 Å². The highest BCUT2D eigenvalue weighted by atomic mass is 16.4. The van der Waals surface area contributed by atoms with Crippen molar-refractivity contribution in [3.05, 3.63) is 17.5 Å². The fourth-order valence-electron chi connectivity index (χ4n) is 2.67. The summed E-state index contributed by atoms with van der Waals surface area (Å²) in [7, 11) is 0. The Morgan fingerprint density at radius 2 is 2.14 bits per heavy atom. The van der Waals surface area contributed by atoms with Gasteiger partial charge in [0, 0.05) is 25.8 Å². The van der Waals surface area contributed by atoms with Crippen molar-refractivity contribution in [3.63, 3.8) is 0 Å². The van der Waals surface area contributed by atoms with Crippen molar-refractivity contribution in [2.75, 3.05) is 13.1 Å². The predicted octanol–water partition coefficient (Wildman–Crippen LogP) is 1.96. The molecule has 6 nitrogen and oxygen atoms in total. The van der Waals surface area contributed by atoms with Crippen LogP contribution in [0.2, 0.25) is 0 Å². The van der Waals surface area contributed by atoms with Crippen LogP contribution in [0.15, 0.2) is 6.20 Å². The molecule has 0 aliphatic carbocycles. The molecular weight excluding hydrogens is 270 g/mol. The minimum Gasteiger partial charge on any atom is -0.481 e. The van der Waals surface area contributed by atoms with Gasteiger partial charge in [0.05, 0.1) is 16.7 Å². The van der Waals surface area contributed by atoms with Crippen molar-refractivity contribution in [3.8, 4) is 0 Å². The van der Waals surface area contributed by atoms with E-state index in [1.165, 1.54) is 0 Å². The molecule has 0 spiro atoms. The van der Waals surface area contributed by atoms with Crippen LogP contribution in [-0.2, 0) is 11.3 Å². The minimum atomic E-state index is -0.842. The number of rotatable bonds is 4. The summed E-state index contributed by atoms with van der Waals surface area (Å²) in [6.07, 6.45) is 2.26. The summed E-state index contributed by atoms with van der Waals surface area (Å²) in [5, 5.41) is 13.7. The molecule has 1 amide bonds. The van der Waals surface area contributed by atoms with E-state index in [-0.39, 0.29) is 18.4 Å². The molecule has 0 radical (unpaired) electrons. The molecule has 116 valence electrons. The lowest BCUT2D eigenvalue weighted by atomic mass is 9.90. The molecule has 2 rings (SSSR count). The lowest BCUT2D eigenvalue weighted by molar-refractivity contribution is -0.147. The molecule has 0 aromatic carbocycles. The Hall–Kier alpha value is -1.85. The van der Waals surface area contributed by atoms with Crippen LogP contribution in [0.3, 0.4) is 0 Å². The normalized spacial score (nSPS) is 22.0. The van der Waals surface area contributed by atoms with Crippen LogP contribution in [0, 0.1) is 5.41 Å². The van der Waals surface area contributed by atoms with Gasteiger partial charge in [-0.25, -0.2) is 0 Å². The number of likely N-dealkylation sites (tertiary alicyclic amines) is 1. The van der Waals surface area contributed by atoms with Crippen molar-refractivity contribution in [1.29, 1.82) is 0 Å². The predicted molar refractivity (Wildman–Crippen MR) is 78.3 cm³/mol. The monoisotopic (exact) mass is 293 g/mol. The third kappa shape index (κ3) is 2.80. The summed E-state index contributed by atoms with van der Waals surface area (Å²) in [4.78, 5) is 25.6. The van der Waals surface area contributed by atoms with E-state index in [1.807, 2.05) is 20.8 Å². The maximum absolute atomic E-state index is 12.7. The van der Waals surface area contributed by atoms with Gasteiger partial charge in [0.1, 0.15) is 0 Å². The quantitative estimate of drug-likeness (QED) is 0.920. The highest BCUT2D eigenvalue weighted by molar-refractivity contribution is 5.96. The number of carbonyl (C=O) groups excluding carboxylic acids is 1. The smallest absolute Gasteiger partial charge is 0.311 e. The van der Waals surface area contributed by atoms with Crippen molar-refractivity contribution in [2.24, 2.45) is 5.41 Å². The second kappa shape index (κ2) is 5.50. The Labute approximate surface area is 124 Å². The van der Waals surface area contributed by atoms with E-state index in [0.717, 1.165) is 5.69 Å². The zero-order valence-electron chi connectivity index (χ0n) is 13.1. The number of hydrogen-bond donors (Lipinski definition) is 1. The molecular formula is C15H23N3O3. The van der Waals surface area contributed by atoms with E-state index in [0.29, 0.717) is 25.1 Å². The summed E-state index contributed by atoms with van der Waals surface area (Å²) in [6.45, 7) is 9.13. The summed E-state index contributed by atoms with van der Waals surface area (Å²) in [5.41, 5.74) is 0.543. The molecule has 1 aliphatic rings. The van der Waals surface area contributed by atoms with E-state index in [9.17, 15) is 14.7 Å². The molecule has 1 N–H and O–H groups in total. The number of aromatic nitrogens is 2. The Morgan fingerprint density at radius 3 is 2.62 bits per heavy atom. The van der Waals surface area contributed by atoms with Crippen LogP contribution >= 0.6 is 0 Å². The van der Waals surface area contributed by atoms with Gasteiger partial charge in [-0.05, 0) is 26.2 Å². The minimum absolute atomic E-state index is 0.108. The van der Waals surface area contributed by atoms with Crippen LogP contribution in [0.4, 0.5) is 0 Å². The van der Waals surface area contributed by atoms with Crippen LogP contribution in [-0.4, -0.2) is 44.8 Å². The summed E-state index contributed by atoms with van der Waals surface area (Å²) in [5.74, 6) is -0.792. The summed E-state index contributed by atoms with van der Waals surface area (Å²) in [6, 6.07) is 0. The number of nitrogens with zero attached hydrogens (tertiary/aromatic N) is 3. The zero-order valence-corrected chi connectivity index (χ0v) is 13.1. The first-order valence-electron chi connectivity index (χ1n) is 7.38. The lowest BCUT2D eigenvalue weighted by Crippen LogP contribution is -2.35. The first-order valence-corrected chi connectivity index (χ1v) is 7.38. The molecule has 21 heavy (non-hydrogen) atoms. The fourth-order valence-corrected chi connectivity index (χ4v) is 2.67. The van der Waals surface area contributed by atoms with E-state index >= 15 is 0 Å². The zero-order chi connectivity index (χ0) is 15.8. The van der Waals surface area contributed by atoms with Crippen LogP contribution in [0.1, 0.15) is 56.1 Å². The topological polar surface area (TPSA) is 75.4 Å².